The Balaban J connectivity index is 1.95. The van der Waals surface area contributed by atoms with E-state index in [4.69, 9.17) is 5.11 Å². The smallest absolute Gasteiger partial charge is 0.172 e. The molecular weight excluding hydrogens is 360 g/mol. The van der Waals surface area contributed by atoms with Gasteiger partial charge in [-0.15, -0.1) is 0 Å². The number of benzene rings is 2. The van der Waals surface area contributed by atoms with Gasteiger partial charge >= 0.3 is 0 Å². The second kappa shape index (κ2) is 8.11. The average Bonchev–Trinajstić information content (AvgIpc) is 2.68. The molecule has 0 aliphatic heterocycles. The van der Waals surface area contributed by atoms with Crippen LogP contribution in [0, 0.1) is 13.8 Å². The van der Waals surface area contributed by atoms with Crippen molar-refractivity contribution in [3.8, 4) is 0 Å². The Morgan fingerprint density at radius 3 is 2.25 bits per heavy atom. The summed E-state index contributed by atoms with van der Waals surface area (Å²) in [5.41, 5.74) is 4.84. The fourth-order valence-electron chi connectivity index (χ4n) is 3.98. The monoisotopic (exact) mass is 386 g/mol. The molecule has 150 valence electrons. The van der Waals surface area contributed by atoms with Crippen molar-refractivity contribution in [2.45, 2.75) is 50.1 Å². The molecule has 0 saturated carbocycles. The van der Waals surface area contributed by atoms with Crippen LogP contribution in [0.3, 0.4) is 0 Å². The molecule has 3 rings (SSSR count). The maximum Gasteiger partial charge on any atom is 0.172 e. The third kappa shape index (κ3) is 3.50. The third-order valence-corrected chi connectivity index (χ3v) is 5.62. The summed E-state index contributed by atoms with van der Waals surface area (Å²) in [7, 11) is 0. The van der Waals surface area contributed by atoms with Crippen molar-refractivity contribution in [3.63, 3.8) is 0 Å². The molecule has 2 aromatic carbocycles. The van der Waals surface area contributed by atoms with Crippen LogP contribution in [0.25, 0.3) is 0 Å². The quantitative estimate of drug-likeness (QED) is 0.474. The van der Waals surface area contributed by atoms with Gasteiger partial charge in [0.25, 0.3) is 0 Å². The summed E-state index contributed by atoms with van der Waals surface area (Å²) in [6.45, 7) is 3.13. The first kappa shape index (κ1) is 20.6. The maximum absolute atomic E-state index is 13.1. The van der Waals surface area contributed by atoms with Crippen LogP contribution in [0.15, 0.2) is 42.5 Å². The van der Waals surface area contributed by atoms with Crippen molar-refractivity contribution in [1.29, 1.82) is 0 Å². The number of Topliss-reactive ketones (excluding diaryl/α,β-unsaturated/α-hetero) is 1. The highest BCUT2D eigenvalue weighted by atomic mass is 16.4. The van der Waals surface area contributed by atoms with Crippen LogP contribution in [0.1, 0.15) is 39.7 Å². The molecule has 0 aromatic heterocycles. The number of ketones is 1. The summed E-state index contributed by atoms with van der Waals surface area (Å²) in [5.74, 6) is -1.55. The number of rotatable bonds is 7. The zero-order valence-electron chi connectivity index (χ0n) is 15.9. The molecular formula is C22H26O6. The third-order valence-electron chi connectivity index (χ3n) is 5.62. The van der Waals surface area contributed by atoms with Crippen LogP contribution < -0.4 is 0 Å². The Morgan fingerprint density at radius 2 is 1.61 bits per heavy atom. The maximum atomic E-state index is 13.1. The highest BCUT2D eigenvalue weighted by Gasteiger charge is 2.47. The zero-order chi connectivity index (χ0) is 20.6. The van der Waals surface area contributed by atoms with E-state index in [9.17, 15) is 25.2 Å². The Morgan fingerprint density at radius 1 is 0.929 bits per heavy atom. The Kier molecular flexibility index (Phi) is 5.98. The molecule has 0 amide bonds. The molecule has 1 aliphatic rings. The van der Waals surface area contributed by atoms with E-state index < -0.39 is 42.7 Å². The molecule has 0 bridgehead atoms. The van der Waals surface area contributed by atoms with Gasteiger partial charge in [-0.25, -0.2) is 0 Å². The largest absolute Gasteiger partial charge is 0.394 e. The first-order valence-corrected chi connectivity index (χ1v) is 9.30. The lowest BCUT2D eigenvalue weighted by Crippen LogP contribution is -2.51. The van der Waals surface area contributed by atoms with Gasteiger partial charge in [-0.05, 0) is 36.1 Å². The fraction of sp³-hybridized carbons (Fsp3) is 0.409. The highest BCUT2D eigenvalue weighted by Crippen LogP contribution is 2.52. The van der Waals surface area contributed by atoms with E-state index in [1.54, 1.807) is 0 Å². The SMILES string of the molecule is Cc1ccc2c(c1)C(c1ccccc1C)C2C(=O)[C@H](O)[C@@H](O)[C@H](O)[C@H](O)CO. The van der Waals surface area contributed by atoms with Gasteiger partial charge in [0, 0.05) is 5.92 Å². The summed E-state index contributed by atoms with van der Waals surface area (Å²) in [4.78, 5) is 13.1. The van der Waals surface area contributed by atoms with E-state index in [0.717, 1.165) is 27.8 Å². The topological polar surface area (TPSA) is 118 Å². The van der Waals surface area contributed by atoms with E-state index in [-0.39, 0.29) is 5.92 Å². The van der Waals surface area contributed by atoms with Gasteiger partial charge in [-0.2, -0.15) is 0 Å². The minimum Gasteiger partial charge on any atom is -0.394 e. The predicted octanol–water partition coefficient (Wildman–Crippen LogP) is 0.538. The van der Waals surface area contributed by atoms with Gasteiger partial charge < -0.3 is 25.5 Å². The standard InChI is InChI=1S/C22H26O6/c1-11-7-8-14-15(9-11)17(13-6-4-3-5-12(13)2)18(14)20(26)22(28)21(27)19(25)16(24)10-23/h3-9,16-19,21-25,27-28H,10H2,1-2H3/t16-,17?,18?,19-,21+,22+/m1/s1. The molecule has 0 heterocycles. The molecule has 5 N–H and O–H groups in total. The van der Waals surface area contributed by atoms with Crippen molar-refractivity contribution >= 4 is 5.78 Å². The average molecular weight is 386 g/mol. The summed E-state index contributed by atoms with van der Waals surface area (Å²) in [6.07, 6.45) is -7.27. The first-order valence-electron chi connectivity index (χ1n) is 9.30. The number of aliphatic hydroxyl groups is 5. The van der Waals surface area contributed by atoms with Crippen molar-refractivity contribution in [2.24, 2.45) is 0 Å². The Labute approximate surface area is 163 Å². The van der Waals surface area contributed by atoms with E-state index >= 15 is 0 Å². The van der Waals surface area contributed by atoms with Crippen LogP contribution in [-0.4, -0.2) is 62.3 Å². The number of carbonyl (C=O) groups is 1. The predicted molar refractivity (Wildman–Crippen MR) is 103 cm³/mol. The van der Waals surface area contributed by atoms with Crippen molar-refractivity contribution in [2.75, 3.05) is 6.61 Å². The second-order valence-electron chi connectivity index (χ2n) is 7.52. The minimum absolute atomic E-state index is 0.259. The summed E-state index contributed by atoms with van der Waals surface area (Å²) < 4.78 is 0. The van der Waals surface area contributed by atoms with Gasteiger partial charge in [0.1, 0.15) is 24.4 Å². The molecule has 0 saturated heterocycles. The van der Waals surface area contributed by atoms with Gasteiger partial charge in [-0.3, -0.25) is 4.79 Å². The minimum atomic E-state index is -1.90. The van der Waals surface area contributed by atoms with Crippen LogP contribution in [0.2, 0.25) is 0 Å². The highest BCUT2D eigenvalue weighted by molar-refractivity contribution is 5.94. The lowest BCUT2D eigenvalue weighted by atomic mass is 9.61. The van der Waals surface area contributed by atoms with E-state index in [0.29, 0.717) is 0 Å². The lowest BCUT2D eigenvalue weighted by molar-refractivity contribution is -0.149. The van der Waals surface area contributed by atoms with Gasteiger partial charge in [-0.1, -0.05) is 48.0 Å². The molecule has 2 unspecified atom stereocenters. The molecule has 0 spiro atoms. The molecule has 28 heavy (non-hydrogen) atoms. The normalized spacial score (nSPS) is 22.5. The van der Waals surface area contributed by atoms with Crippen molar-refractivity contribution < 1.29 is 30.3 Å². The van der Waals surface area contributed by atoms with E-state index in [2.05, 4.69) is 0 Å². The number of aryl methyl sites for hydroxylation is 2. The van der Waals surface area contributed by atoms with E-state index in [1.165, 1.54) is 0 Å². The molecule has 0 fully saturated rings. The van der Waals surface area contributed by atoms with Crippen molar-refractivity contribution in [1.82, 2.24) is 0 Å². The van der Waals surface area contributed by atoms with Crippen molar-refractivity contribution in [3.05, 3.63) is 70.3 Å². The number of fused-ring (bicyclic) bond motifs is 1. The Hall–Kier alpha value is -2.09. The molecule has 0 radical (unpaired) electrons. The second-order valence-corrected chi connectivity index (χ2v) is 7.52. The lowest BCUT2D eigenvalue weighted by Gasteiger charge is -2.41. The number of carbonyl (C=O) groups excluding carboxylic acids is 1. The summed E-state index contributed by atoms with van der Waals surface area (Å²) >= 11 is 0. The van der Waals surface area contributed by atoms with Crippen LogP contribution in [0.4, 0.5) is 0 Å². The van der Waals surface area contributed by atoms with Crippen LogP contribution >= 0.6 is 0 Å². The molecule has 2 aromatic rings. The first-order chi connectivity index (χ1) is 13.3. The number of hydrogen-bond acceptors (Lipinski definition) is 6. The Bertz CT molecular complexity index is 864. The van der Waals surface area contributed by atoms with Crippen LogP contribution in [0.5, 0.6) is 0 Å². The molecule has 6 heteroatoms. The summed E-state index contributed by atoms with van der Waals surface area (Å²) in [5, 5.41) is 48.8. The van der Waals surface area contributed by atoms with E-state index in [1.807, 2.05) is 56.3 Å². The molecule has 1 aliphatic carbocycles. The number of hydrogen-bond donors (Lipinski definition) is 5. The van der Waals surface area contributed by atoms with Gasteiger partial charge in [0.05, 0.1) is 12.5 Å². The van der Waals surface area contributed by atoms with Gasteiger partial charge in [0.15, 0.2) is 5.78 Å². The fourth-order valence-corrected chi connectivity index (χ4v) is 3.98. The number of aliphatic hydroxyl groups excluding tert-OH is 5. The summed E-state index contributed by atoms with van der Waals surface area (Å²) in [6, 6.07) is 13.5. The van der Waals surface area contributed by atoms with Gasteiger partial charge in [0.2, 0.25) is 0 Å². The molecule has 6 atom stereocenters. The van der Waals surface area contributed by atoms with Crippen LogP contribution in [-0.2, 0) is 4.79 Å². The zero-order valence-corrected chi connectivity index (χ0v) is 15.9. The molecule has 6 nitrogen and oxygen atoms in total.